The van der Waals surface area contributed by atoms with Gasteiger partial charge in [0, 0.05) is 26.2 Å². The van der Waals surface area contributed by atoms with E-state index in [4.69, 9.17) is 4.99 Å². The van der Waals surface area contributed by atoms with Crippen LogP contribution in [-0.2, 0) is 30.2 Å². The molecule has 1 aromatic heterocycles. The van der Waals surface area contributed by atoms with Gasteiger partial charge in [-0.2, -0.15) is 0 Å². The first-order chi connectivity index (χ1) is 14.9. The predicted molar refractivity (Wildman–Crippen MR) is 137 cm³/mol. The third kappa shape index (κ3) is 7.41. The van der Waals surface area contributed by atoms with Crippen molar-refractivity contribution in [3.05, 3.63) is 47.5 Å². The highest BCUT2D eigenvalue weighted by Crippen LogP contribution is 2.15. The van der Waals surface area contributed by atoms with Gasteiger partial charge in [-0.25, -0.2) is 17.7 Å². The van der Waals surface area contributed by atoms with Gasteiger partial charge >= 0.3 is 0 Å². The Hall–Kier alpha value is -1.73. The molecule has 11 heteroatoms. The SMILES string of the molecule is CCCS(=O)(=O)N1CCC(NC(=NCc2ccccc2)NCc2nnc(C)n2C)CC1.I. The van der Waals surface area contributed by atoms with Crippen molar-refractivity contribution in [3.63, 3.8) is 0 Å². The van der Waals surface area contributed by atoms with E-state index in [0.717, 1.165) is 30.1 Å². The zero-order chi connectivity index (χ0) is 22.3. The molecular weight excluding hydrogens is 541 g/mol. The fraction of sp³-hybridized carbons (Fsp3) is 0.571. The average molecular weight is 576 g/mol. The molecule has 1 aliphatic rings. The van der Waals surface area contributed by atoms with E-state index in [9.17, 15) is 8.42 Å². The van der Waals surface area contributed by atoms with Crippen LogP contribution in [0.2, 0.25) is 0 Å². The second-order valence-electron chi connectivity index (χ2n) is 7.86. The molecule has 2 aromatic rings. The fourth-order valence-corrected chi connectivity index (χ4v) is 5.07. The maximum atomic E-state index is 12.3. The lowest BCUT2D eigenvalue weighted by atomic mass is 10.1. The molecule has 0 saturated carbocycles. The first-order valence-corrected chi connectivity index (χ1v) is 12.4. The first-order valence-electron chi connectivity index (χ1n) is 10.8. The number of nitrogens with zero attached hydrogens (tertiary/aromatic N) is 5. The van der Waals surface area contributed by atoms with E-state index in [-0.39, 0.29) is 35.8 Å². The summed E-state index contributed by atoms with van der Waals surface area (Å²) in [4.78, 5) is 4.74. The molecule has 32 heavy (non-hydrogen) atoms. The summed E-state index contributed by atoms with van der Waals surface area (Å²) in [6.07, 6.45) is 2.14. The van der Waals surface area contributed by atoms with E-state index >= 15 is 0 Å². The molecule has 0 aliphatic carbocycles. The Bertz CT molecular complexity index is 971. The lowest BCUT2D eigenvalue weighted by Crippen LogP contribution is -2.50. The topological polar surface area (TPSA) is 105 Å². The number of aromatic nitrogens is 3. The Morgan fingerprint density at radius 1 is 1.19 bits per heavy atom. The molecule has 0 bridgehead atoms. The molecule has 0 radical (unpaired) electrons. The van der Waals surface area contributed by atoms with Crippen LogP contribution in [0.4, 0.5) is 0 Å². The van der Waals surface area contributed by atoms with Crippen molar-refractivity contribution in [2.45, 2.75) is 52.2 Å². The summed E-state index contributed by atoms with van der Waals surface area (Å²) in [6, 6.07) is 10.2. The number of guanidine groups is 1. The molecule has 0 unspecified atom stereocenters. The molecule has 1 aliphatic heterocycles. The van der Waals surface area contributed by atoms with Crippen molar-refractivity contribution < 1.29 is 8.42 Å². The molecule has 0 spiro atoms. The number of piperidine rings is 1. The highest BCUT2D eigenvalue weighted by Gasteiger charge is 2.27. The second kappa shape index (κ2) is 12.5. The smallest absolute Gasteiger partial charge is 0.214 e. The van der Waals surface area contributed by atoms with Crippen LogP contribution in [0.1, 0.15) is 43.4 Å². The highest BCUT2D eigenvalue weighted by molar-refractivity contribution is 14.0. The standard InChI is InChI=1S/C21H33N7O2S.HI/c1-4-14-31(29,30)28-12-10-19(11-13-28)24-21(22-15-18-8-6-5-7-9-18)23-16-20-26-25-17(2)27(20)3;/h5-9,19H,4,10-16H2,1-3H3,(H2,22,23,24);1H. The van der Waals surface area contributed by atoms with E-state index in [1.165, 1.54) is 0 Å². The van der Waals surface area contributed by atoms with Crippen molar-refractivity contribution >= 4 is 40.0 Å². The average Bonchev–Trinajstić information content (AvgIpc) is 3.09. The molecule has 9 nitrogen and oxygen atoms in total. The van der Waals surface area contributed by atoms with Gasteiger partial charge in [0.2, 0.25) is 10.0 Å². The minimum absolute atomic E-state index is 0. The summed E-state index contributed by atoms with van der Waals surface area (Å²) in [5.74, 6) is 2.59. The Labute approximate surface area is 208 Å². The summed E-state index contributed by atoms with van der Waals surface area (Å²) in [5, 5.41) is 15.1. The molecule has 1 fully saturated rings. The van der Waals surface area contributed by atoms with Gasteiger partial charge in [0.05, 0.1) is 18.8 Å². The molecule has 1 aromatic carbocycles. The van der Waals surface area contributed by atoms with Gasteiger partial charge in [0.25, 0.3) is 0 Å². The van der Waals surface area contributed by atoms with Gasteiger partial charge < -0.3 is 15.2 Å². The summed E-state index contributed by atoms with van der Waals surface area (Å²) >= 11 is 0. The molecule has 2 heterocycles. The number of halogens is 1. The van der Waals surface area contributed by atoms with Crippen molar-refractivity contribution in [3.8, 4) is 0 Å². The Morgan fingerprint density at radius 3 is 2.47 bits per heavy atom. The van der Waals surface area contributed by atoms with E-state index in [1.807, 2.05) is 55.8 Å². The zero-order valence-electron chi connectivity index (χ0n) is 19.0. The van der Waals surface area contributed by atoms with Gasteiger partial charge in [-0.1, -0.05) is 37.3 Å². The van der Waals surface area contributed by atoms with Gasteiger partial charge in [-0.15, -0.1) is 34.2 Å². The van der Waals surface area contributed by atoms with Crippen LogP contribution in [0, 0.1) is 6.92 Å². The Balaban J connectivity index is 0.00000363. The number of aliphatic imine (C=N–C) groups is 1. The maximum absolute atomic E-state index is 12.3. The lowest BCUT2D eigenvalue weighted by molar-refractivity contribution is 0.306. The highest BCUT2D eigenvalue weighted by atomic mass is 127. The number of hydrogen-bond acceptors (Lipinski definition) is 5. The van der Waals surface area contributed by atoms with Gasteiger partial charge in [-0.3, -0.25) is 0 Å². The Morgan fingerprint density at radius 2 is 1.88 bits per heavy atom. The van der Waals surface area contributed by atoms with Crippen LogP contribution >= 0.6 is 24.0 Å². The molecule has 1 saturated heterocycles. The quantitative estimate of drug-likeness (QED) is 0.284. The largest absolute Gasteiger partial charge is 0.354 e. The van der Waals surface area contributed by atoms with Crippen molar-refractivity contribution in [2.24, 2.45) is 12.0 Å². The normalized spacial score (nSPS) is 15.9. The van der Waals surface area contributed by atoms with Crippen LogP contribution in [-0.4, -0.2) is 58.3 Å². The molecule has 0 atom stereocenters. The third-order valence-electron chi connectivity index (χ3n) is 5.51. The predicted octanol–water partition coefficient (Wildman–Crippen LogP) is 2.18. The van der Waals surface area contributed by atoms with E-state index in [2.05, 4.69) is 20.8 Å². The number of benzene rings is 1. The molecular formula is C21H34IN7O2S. The summed E-state index contributed by atoms with van der Waals surface area (Å²) in [7, 11) is -1.20. The van der Waals surface area contributed by atoms with Crippen molar-refractivity contribution in [2.75, 3.05) is 18.8 Å². The van der Waals surface area contributed by atoms with E-state index in [1.54, 1.807) is 4.31 Å². The molecule has 3 rings (SSSR count). The number of rotatable bonds is 8. The van der Waals surface area contributed by atoms with Crippen molar-refractivity contribution in [1.82, 2.24) is 29.7 Å². The number of aryl methyl sites for hydroxylation is 1. The van der Waals surface area contributed by atoms with Crippen LogP contribution in [0.5, 0.6) is 0 Å². The monoisotopic (exact) mass is 575 g/mol. The minimum Gasteiger partial charge on any atom is -0.354 e. The van der Waals surface area contributed by atoms with Gasteiger partial charge in [-0.05, 0) is 31.7 Å². The molecule has 0 amide bonds. The summed E-state index contributed by atoms with van der Waals surface area (Å²) in [5.41, 5.74) is 1.12. The number of nitrogens with one attached hydrogen (secondary N) is 2. The third-order valence-corrected chi connectivity index (χ3v) is 7.59. The van der Waals surface area contributed by atoms with Gasteiger partial charge in [0.15, 0.2) is 11.8 Å². The molecule has 2 N–H and O–H groups in total. The van der Waals surface area contributed by atoms with Crippen LogP contribution in [0.3, 0.4) is 0 Å². The Kier molecular flexibility index (Phi) is 10.4. The lowest BCUT2D eigenvalue weighted by Gasteiger charge is -2.32. The van der Waals surface area contributed by atoms with Crippen molar-refractivity contribution in [1.29, 1.82) is 0 Å². The first kappa shape index (κ1) is 26.5. The van der Waals surface area contributed by atoms with E-state index in [0.29, 0.717) is 38.6 Å². The molecule has 178 valence electrons. The number of hydrogen-bond donors (Lipinski definition) is 2. The van der Waals surface area contributed by atoms with E-state index < -0.39 is 10.0 Å². The minimum atomic E-state index is -3.14. The van der Waals surface area contributed by atoms with Crippen LogP contribution < -0.4 is 10.6 Å². The summed E-state index contributed by atoms with van der Waals surface area (Å²) in [6.45, 7) is 5.94. The maximum Gasteiger partial charge on any atom is 0.214 e. The second-order valence-corrected chi connectivity index (χ2v) is 9.95. The van der Waals surface area contributed by atoms with Gasteiger partial charge in [0.1, 0.15) is 5.82 Å². The van der Waals surface area contributed by atoms with Crippen LogP contribution in [0.25, 0.3) is 0 Å². The number of sulfonamides is 1. The zero-order valence-corrected chi connectivity index (χ0v) is 22.1. The fourth-order valence-electron chi connectivity index (χ4n) is 3.53. The summed E-state index contributed by atoms with van der Waals surface area (Å²) < 4.78 is 28.2. The van der Waals surface area contributed by atoms with Crippen LogP contribution in [0.15, 0.2) is 35.3 Å².